The van der Waals surface area contributed by atoms with Crippen molar-refractivity contribution in [2.75, 3.05) is 13.1 Å². The minimum absolute atomic E-state index is 0.0250. The van der Waals surface area contributed by atoms with Crippen molar-refractivity contribution in [3.05, 3.63) is 46.3 Å². The molecule has 0 bridgehead atoms. The highest BCUT2D eigenvalue weighted by Gasteiger charge is 2.26. The molecule has 7 heteroatoms. The monoisotopic (exact) mass is 359 g/mol. The molecule has 1 saturated heterocycles. The van der Waals surface area contributed by atoms with Gasteiger partial charge in [0.1, 0.15) is 5.76 Å². The Morgan fingerprint density at radius 2 is 2.24 bits per heavy atom. The number of nitrogens with zero attached hydrogens (tertiary/aromatic N) is 2. The summed E-state index contributed by atoms with van der Waals surface area (Å²) in [4.78, 5) is 30.5. The molecule has 0 radical (unpaired) electrons. The van der Waals surface area contributed by atoms with E-state index < -0.39 is 0 Å². The number of furan rings is 1. The Bertz CT molecular complexity index is 743. The van der Waals surface area contributed by atoms with Gasteiger partial charge in [0.05, 0.1) is 23.5 Å². The Hall–Kier alpha value is -2.41. The lowest BCUT2D eigenvalue weighted by molar-refractivity contribution is -0.132. The van der Waals surface area contributed by atoms with Crippen LogP contribution in [-0.4, -0.2) is 34.8 Å². The van der Waals surface area contributed by atoms with Crippen LogP contribution in [0.25, 0.3) is 6.08 Å². The standard InChI is InChI=1S/C18H21N3O3S/c1-13-20-15(12-25-13)4-5-17(22)21-8-6-14(7-9-21)18(23)19-11-16-3-2-10-24-16/h2-5,10,12,14H,6-9,11H2,1H3,(H,19,23)/b5-4+. The van der Waals surface area contributed by atoms with Gasteiger partial charge in [0, 0.05) is 30.5 Å². The Balaban J connectivity index is 1.43. The summed E-state index contributed by atoms with van der Waals surface area (Å²) in [5, 5.41) is 5.80. The molecular formula is C18H21N3O3S. The fourth-order valence-electron chi connectivity index (χ4n) is 2.81. The smallest absolute Gasteiger partial charge is 0.246 e. The van der Waals surface area contributed by atoms with Gasteiger partial charge < -0.3 is 14.6 Å². The average Bonchev–Trinajstić information content (AvgIpc) is 3.29. The van der Waals surface area contributed by atoms with Gasteiger partial charge in [0.25, 0.3) is 0 Å². The molecule has 3 rings (SSSR count). The predicted octanol–water partition coefficient (Wildman–Crippen LogP) is 2.61. The van der Waals surface area contributed by atoms with Gasteiger partial charge in [-0.05, 0) is 38.0 Å². The second-order valence-electron chi connectivity index (χ2n) is 6.02. The first kappa shape index (κ1) is 17.4. The molecule has 3 heterocycles. The lowest BCUT2D eigenvalue weighted by Gasteiger charge is -2.30. The molecule has 0 spiro atoms. The van der Waals surface area contributed by atoms with E-state index >= 15 is 0 Å². The summed E-state index contributed by atoms with van der Waals surface area (Å²) in [5.74, 6) is 0.685. The van der Waals surface area contributed by atoms with Crippen LogP contribution in [-0.2, 0) is 16.1 Å². The van der Waals surface area contributed by atoms with Gasteiger partial charge in [-0.3, -0.25) is 9.59 Å². The van der Waals surface area contributed by atoms with Crippen LogP contribution in [0.5, 0.6) is 0 Å². The van der Waals surface area contributed by atoms with Crippen LogP contribution in [0.2, 0.25) is 0 Å². The Kier molecular flexibility index (Phi) is 5.65. The van der Waals surface area contributed by atoms with E-state index in [2.05, 4.69) is 10.3 Å². The summed E-state index contributed by atoms with van der Waals surface area (Å²) >= 11 is 1.56. The second-order valence-corrected chi connectivity index (χ2v) is 7.08. The van der Waals surface area contributed by atoms with Gasteiger partial charge in [-0.2, -0.15) is 0 Å². The molecule has 0 saturated carbocycles. The molecule has 2 amide bonds. The highest BCUT2D eigenvalue weighted by Crippen LogP contribution is 2.18. The third-order valence-electron chi connectivity index (χ3n) is 4.23. The van der Waals surface area contributed by atoms with Gasteiger partial charge in [-0.25, -0.2) is 4.98 Å². The maximum Gasteiger partial charge on any atom is 0.246 e. The first-order chi connectivity index (χ1) is 12.1. The minimum atomic E-state index is -0.0517. The normalized spacial score (nSPS) is 15.6. The fraction of sp³-hybridized carbons (Fsp3) is 0.389. The lowest BCUT2D eigenvalue weighted by atomic mass is 9.96. The topological polar surface area (TPSA) is 75.4 Å². The molecule has 0 atom stereocenters. The van der Waals surface area contributed by atoms with Crippen molar-refractivity contribution >= 4 is 29.2 Å². The number of carbonyl (C=O) groups excluding carboxylic acids is 2. The number of piperidine rings is 1. The molecule has 6 nitrogen and oxygen atoms in total. The van der Waals surface area contributed by atoms with Crippen LogP contribution in [0, 0.1) is 12.8 Å². The van der Waals surface area contributed by atoms with Crippen molar-refractivity contribution in [3.63, 3.8) is 0 Å². The lowest BCUT2D eigenvalue weighted by Crippen LogP contribution is -2.42. The van der Waals surface area contributed by atoms with E-state index in [0.29, 0.717) is 32.5 Å². The van der Waals surface area contributed by atoms with E-state index in [-0.39, 0.29) is 17.7 Å². The molecule has 2 aromatic rings. The fourth-order valence-corrected chi connectivity index (χ4v) is 3.39. The summed E-state index contributed by atoms with van der Waals surface area (Å²) in [6.45, 7) is 3.53. The quantitative estimate of drug-likeness (QED) is 0.833. The molecule has 0 aromatic carbocycles. The van der Waals surface area contributed by atoms with E-state index in [0.717, 1.165) is 16.5 Å². The van der Waals surface area contributed by atoms with Gasteiger partial charge in [0.2, 0.25) is 11.8 Å². The largest absolute Gasteiger partial charge is 0.467 e. The third kappa shape index (κ3) is 4.79. The van der Waals surface area contributed by atoms with Gasteiger partial charge in [-0.1, -0.05) is 0 Å². The van der Waals surface area contributed by atoms with E-state index in [9.17, 15) is 9.59 Å². The molecule has 0 unspecified atom stereocenters. The Morgan fingerprint density at radius 3 is 2.88 bits per heavy atom. The molecule has 1 N–H and O–H groups in total. The summed E-state index contributed by atoms with van der Waals surface area (Å²) < 4.78 is 5.21. The zero-order valence-corrected chi connectivity index (χ0v) is 14.9. The first-order valence-electron chi connectivity index (χ1n) is 8.31. The van der Waals surface area contributed by atoms with E-state index in [1.165, 1.54) is 0 Å². The van der Waals surface area contributed by atoms with Crippen LogP contribution in [0.3, 0.4) is 0 Å². The van der Waals surface area contributed by atoms with E-state index in [4.69, 9.17) is 4.42 Å². The van der Waals surface area contributed by atoms with Crippen LogP contribution >= 0.6 is 11.3 Å². The van der Waals surface area contributed by atoms with Gasteiger partial charge >= 0.3 is 0 Å². The Morgan fingerprint density at radius 1 is 1.44 bits per heavy atom. The second kappa shape index (κ2) is 8.11. The molecule has 0 aliphatic carbocycles. The highest BCUT2D eigenvalue weighted by molar-refractivity contribution is 7.09. The van der Waals surface area contributed by atoms with Crippen molar-refractivity contribution in [2.45, 2.75) is 26.3 Å². The Labute approximate surface area is 150 Å². The number of likely N-dealkylation sites (tertiary alicyclic amines) is 1. The zero-order chi connectivity index (χ0) is 17.6. The number of amides is 2. The maximum atomic E-state index is 12.2. The molecule has 1 fully saturated rings. The maximum absolute atomic E-state index is 12.2. The van der Waals surface area contributed by atoms with Crippen molar-refractivity contribution in [1.29, 1.82) is 0 Å². The number of rotatable bonds is 5. The number of carbonyl (C=O) groups is 2. The summed E-state index contributed by atoms with van der Waals surface area (Å²) in [6, 6.07) is 3.63. The van der Waals surface area contributed by atoms with Crippen molar-refractivity contribution in [3.8, 4) is 0 Å². The number of nitrogens with one attached hydrogen (secondary N) is 1. The van der Waals surface area contributed by atoms with Gasteiger partial charge in [-0.15, -0.1) is 11.3 Å². The zero-order valence-electron chi connectivity index (χ0n) is 14.1. The number of aromatic nitrogens is 1. The molecule has 25 heavy (non-hydrogen) atoms. The number of thiazole rings is 1. The van der Waals surface area contributed by atoms with Crippen LogP contribution < -0.4 is 5.32 Å². The van der Waals surface area contributed by atoms with E-state index in [1.54, 1.807) is 40.7 Å². The van der Waals surface area contributed by atoms with Crippen molar-refractivity contribution in [1.82, 2.24) is 15.2 Å². The molecule has 2 aromatic heterocycles. The van der Waals surface area contributed by atoms with Crippen LogP contribution in [0.15, 0.2) is 34.3 Å². The highest BCUT2D eigenvalue weighted by atomic mass is 32.1. The summed E-state index contributed by atoms with van der Waals surface area (Å²) in [5.41, 5.74) is 0.808. The molecule has 132 valence electrons. The third-order valence-corrected chi connectivity index (χ3v) is 5.02. The summed E-state index contributed by atoms with van der Waals surface area (Å²) in [7, 11) is 0. The average molecular weight is 359 g/mol. The summed E-state index contributed by atoms with van der Waals surface area (Å²) in [6.07, 6.45) is 6.25. The first-order valence-corrected chi connectivity index (χ1v) is 9.19. The van der Waals surface area contributed by atoms with Gasteiger partial charge in [0.15, 0.2) is 0 Å². The minimum Gasteiger partial charge on any atom is -0.467 e. The molecule has 1 aliphatic heterocycles. The van der Waals surface area contributed by atoms with E-state index in [1.807, 2.05) is 18.4 Å². The molecule has 1 aliphatic rings. The number of hydrogen-bond acceptors (Lipinski definition) is 5. The SMILES string of the molecule is Cc1nc(/C=C/C(=O)N2CCC(C(=O)NCc3ccco3)CC2)cs1. The number of aryl methyl sites for hydroxylation is 1. The van der Waals surface area contributed by atoms with Crippen LogP contribution in [0.1, 0.15) is 29.3 Å². The number of hydrogen-bond donors (Lipinski definition) is 1. The van der Waals surface area contributed by atoms with Crippen molar-refractivity contribution in [2.24, 2.45) is 5.92 Å². The van der Waals surface area contributed by atoms with Crippen molar-refractivity contribution < 1.29 is 14.0 Å². The predicted molar refractivity (Wildman–Crippen MR) is 95.7 cm³/mol. The molecular weight excluding hydrogens is 338 g/mol. The van der Waals surface area contributed by atoms with Crippen LogP contribution in [0.4, 0.5) is 0 Å².